The highest BCUT2D eigenvalue weighted by atomic mass is 79.9. The Bertz CT molecular complexity index is 468. The number of benzene rings is 1. The van der Waals surface area contributed by atoms with E-state index in [1.54, 1.807) is 0 Å². The molecular formula is C15H14BrNO. The van der Waals surface area contributed by atoms with Crippen LogP contribution >= 0.6 is 0 Å². The van der Waals surface area contributed by atoms with Gasteiger partial charge in [-0.05, 0) is 5.56 Å². The van der Waals surface area contributed by atoms with Crippen molar-refractivity contribution in [1.29, 1.82) is 0 Å². The highest BCUT2D eigenvalue weighted by molar-refractivity contribution is 5.74. The number of aldehydes is 1. The largest absolute Gasteiger partial charge is 1.00 e. The SMILES string of the molecule is C=Cc1cc[n+](Cc2ccc(C=O)cc2)cc1.[Br-]. The minimum absolute atomic E-state index is 0. The van der Waals surface area contributed by atoms with Gasteiger partial charge in [-0.15, -0.1) is 0 Å². The number of carbonyl (C=O) groups excluding carboxylic acids is 1. The van der Waals surface area contributed by atoms with Crippen molar-refractivity contribution in [1.82, 2.24) is 0 Å². The third-order valence-corrected chi connectivity index (χ3v) is 2.63. The summed E-state index contributed by atoms with van der Waals surface area (Å²) in [7, 11) is 0. The summed E-state index contributed by atoms with van der Waals surface area (Å²) in [4.78, 5) is 10.5. The molecule has 2 nitrogen and oxygen atoms in total. The normalized spacial score (nSPS) is 9.33. The zero-order valence-electron chi connectivity index (χ0n) is 9.92. The van der Waals surface area contributed by atoms with Crippen LogP contribution in [0, 0.1) is 0 Å². The fourth-order valence-corrected chi connectivity index (χ4v) is 1.62. The van der Waals surface area contributed by atoms with E-state index < -0.39 is 0 Å². The Labute approximate surface area is 117 Å². The molecule has 3 heteroatoms. The van der Waals surface area contributed by atoms with Crippen LogP contribution in [0.1, 0.15) is 21.5 Å². The fourth-order valence-electron chi connectivity index (χ4n) is 1.62. The van der Waals surface area contributed by atoms with Gasteiger partial charge in [0.15, 0.2) is 18.9 Å². The Hall–Kier alpha value is -1.74. The van der Waals surface area contributed by atoms with Gasteiger partial charge in [0.2, 0.25) is 0 Å². The third-order valence-electron chi connectivity index (χ3n) is 2.63. The van der Waals surface area contributed by atoms with Crippen molar-refractivity contribution in [2.45, 2.75) is 6.54 Å². The van der Waals surface area contributed by atoms with Gasteiger partial charge in [0.25, 0.3) is 0 Å². The first-order chi connectivity index (χ1) is 8.31. The molecule has 0 atom stereocenters. The van der Waals surface area contributed by atoms with Crippen LogP contribution in [0.5, 0.6) is 0 Å². The van der Waals surface area contributed by atoms with Gasteiger partial charge in [-0.25, -0.2) is 4.57 Å². The Morgan fingerprint density at radius 3 is 2.11 bits per heavy atom. The molecule has 1 aromatic carbocycles. The number of pyridine rings is 1. The van der Waals surface area contributed by atoms with Crippen LogP contribution in [0.3, 0.4) is 0 Å². The number of rotatable bonds is 4. The lowest BCUT2D eigenvalue weighted by Crippen LogP contribution is -3.00. The van der Waals surface area contributed by atoms with E-state index in [2.05, 4.69) is 11.1 Å². The van der Waals surface area contributed by atoms with Crippen molar-refractivity contribution in [2.24, 2.45) is 0 Å². The van der Waals surface area contributed by atoms with Gasteiger partial charge in [-0.3, -0.25) is 4.79 Å². The summed E-state index contributed by atoms with van der Waals surface area (Å²) in [5.41, 5.74) is 2.99. The number of hydrogen-bond acceptors (Lipinski definition) is 1. The van der Waals surface area contributed by atoms with Crippen molar-refractivity contribution < 1.29 is 26.3 Å². The molecular weight excluding hydrogens is 290 g/mol. The van der Waals surface area contributed by atoms with Crippen LogP contribution in [0.15, 0.2) is 55.4 Å². The predicted molar refractivity (Wildman–Crippen MR) is 67.7 cm³/mol. The topological polar surface area (TPSA) is 20.9 Å². The zero-order valence-corrected chi connectivity index (χ0v) is 11.5. The lowest BCUT2D eigenvalue weighted by Gasteiger charge is -1.98. The Morgan fingerprint density at radius 2 is 1.61 bits per heavy atom. The first-order valence-electron chi connectivity index (χ1n) is 5.47. The van der Waals surface area contributed by atoms with Crippen molar-refractivity contribution in [3.05, 3.63) is 72.1 Å². The number of halogens is 1. The van der Waals surface area contributed by atoms with Crippen LogP contribution in [0.2, 0.25) is 0 Å². The highest BCUT2D eigenvalue weighted by Gasteiger charge is 2.02. The van der Waals surface area contributed by atoms with Gasteiger partial charge < -0.3 is 17.0 Å². The molecule has 0 aliphatic rings. The monoisotopic (exact) mass is 303 g/mol. The average Bonchev–Trinajstić information content (AvgIpc) is 2.40. The number of nitrogens with zero attached hydrogens (tertiary/aromatic N) is 1. The van der Waals surface area contributed by atoms with Gasteiger partial charge in [0.1, 0.15) is 6.29 Å². The summed E-state index contributed by atoms with van der Waals surface area (Å²) in [5, 5.41) is 0. The Morgan fingerprint density at radius 1 is 1.00 bits per heavy atom. The van der Waals surface area contributed by atoms with Crippen LogP contribution in [-0.2, 0) is 6.54 Å². The summed E-state index contributed by atoms with van der Waals surface area (Å²) < 4.78 is 2.09. The predicted octanol–water partition coefficient (Wildman–Crippen LogP) is -0.518. The summed E-state index contributed by atoms with van der Waals surface area (Å²) >= 11 is 0. The maximum atomic E-state index is 10.5. The van der Waals surface area contributed by atoms with Crippen molar-refractivity contribution in [3.63, 3.8) is 0 Å². The molecule has 2 aromatic rings. The van der Waals surface area contributed by atoms with Gasteiger partial charge in [0, 0.05) is 23.3 Å². The third kappa shape index (κ3) is 3.64. The van der Waals surface area contributed by atoms with Gasteiger partial charge in [-0.2, -0.15) is 0 Å². The molecule has 0 fully saturated rings. The van der Waals surface area contributed by atoms with Crippen molar-refractivity contribution >= 4 is 12.4 Å². The molecule has 0 N–H and O–H groups in total. The maximum Gasteiger partial charge on any atom is 0.173 e. The second-order valence-corrected chi connectivity index (χ2v) is 3.87. The minimum Gasteiger partial charge on any atom is -1.00 e. The van der Waals surface area contributed by atoms with Crippen molar-refractivity contribution in [2.75, 3.05) is 0 Å². The first-order valence-corrected chi connectivity index (χ1v) is 5.47. The van der Waals surface area contributed by atoms with E-state index in [4.69, 9.17) is 0 Å². The minimum atomic E-state index is 0. The molecule has 0 spiro atoms. The van der Waals surface area contributed by atoms with E-state index in [9.17, 15) is 4.79 Å². The van der Waals surface area contributed by atoms with E-state index in [-0.39, 0.29) is 17.0 Å². The van der Waals surface area contributed by atoms with E-state index in [1.807, 2.05) is 54.9 Å². The van der Waals surface area contributed by atoms with Gasteiger partial charge >= 0.3 is 0 Å². The molecule has 0 radical (unpaired) electrons. The lowest BCUT2D eigenvalue weighted by atomic mass is 10.1. The van der Waals surface area contributed by atoms with Crippen molar-refractivity contribution in [3.8, 4) is 0 Å². The molecule has 0 aliphatic heterocycles. The van der Waals surface area contributed by atoms with Gasteiger partial charge in [-0.1, -0.05) is 36.9 Å². The van der Waals surface area contributed by atoms with E-state index in [0.717, 1.165) is 18.4 Å². The second kappa shape index (κ2) is 6.87. The molecule has 92 valence electrons. The Balaban J connectivity index is 0.00000162. The zero-order chi connectivity index (χ0) is 12.1. The van der Waals surface area contributed by atoms with E-state index >= 15 is 0 Å². The summed E-state index contributed by atoms with van der Waals surface area (Å²) in [6.07, 6.45) is 6.72. The molecule has 1 aromatic heterocycles. The Kier molecular flexibility index (Phi) is 5.46. The number of hydrogen-bond donors (Lipinski definition) is 0. The van der Waals surface area contributed by atoms with Crippen LogP contribution in [-0.4, -0.2) is 6.29 Å². The maximum absolute atomic E-state index is 10.5. The van der Waals surface area contributed by atoms with E-state index in [0.29, 0.717) is 5.56 Å². The standard InChI is InChI=1S/C15H14NO.BrH/c1-2-13-7-9-16(10-8-13)11-14-3-5-15(12-17)6-4-14;/h2-10,12H,1,11H2;1H/q+1;/p-1. The van der Waals surface area contributed by atoms with Crippen LogP contribution in [0.25, 0.3) is 6.08 Å². The second-order valence-electron chi connectivity index (χ2n) is 3.87. The molecule has 0 bridgehead atoms. The van der Waals surface area contributed by atoms with E-state index in [1.165, 1.54) is 5.56 Å². The molecule has 2 rings (SSSR count). The number of aromatic nitrogens is 1. The quantitative estimate of drug-likeness (QED) is 0.550. The average molecular weight is 304 g/mol. The highest BCUT2D eigenvalue weighted by Crippen LogP contribution is 2.02. The molecule has 0 unspecified atom stereocenters. The first kappa shape index (κ1) is 14.3. The number of carbonyl (C=O) groups is 1. The molecule has 18 heavy (non-hydrogen) atoms. The lowest BCUT2D eigenvalue weighted by molar-refractivity contribution is -0.688. The van der Waals surface area contributed by atoms with Gasteiger partial charge in [0.05, 0.1) is 0 Å². The summed E-state index contributed by atoms with van der Waals surface area (Å²) in [6, 6.07) is 11.7. The molecule has 0 amide bonds. The van der Waals surface area contributed by atoms with Crippen LogP contribution in [0.4, 0.5) is 0 Å². The molecule has 0 saturated heterocycles. The fraction of sp³-hybridized carbons (Fsp3) is 0.0667. The molecule has 0 saturated carbocycles. The molecule has 1 heterocycles. The molecule has 0 aliphatic carbocycles. The smallest absolute Gasteiger partial charge is 0.173 e. The van der Waals surface area contributed by atoms with Crippen LogP contribution < -0.4 is 21.5 Å². The summed E-state index contributed by atoms with van der Waals surface area (Å²) in [6.45, 7) is 4.52. The summed E-state index contributed by atoms with van der Waals surface area (Å²) in [5.74, 6) is 0.